The first-order valence-electron chi connectivity index (χ1n) is 7.48. The number of ketones is 1. The highest BCUT2D eigenvalue weighted by atomic mass is 16.2. The summed E-state index contributed by atoms with van der Waals surface area (Å²) < 4.78 is 0. The van der Waals surface area contributed by atoms with E-state index < -0.39 is 0 Å². The van der Waals surface area contributed by atoms with E-state index in [1.807, 2.05) is 0 Å². The van der Waals surface area contributed by atoms with Gasteiger partial charge in [-0.15, -0.1) is 0 Å². The number of carbonyl (C=O) groups is 2. The number of imidazole rings is 1. The van der Waals surface area contributed by atoms with Crippen molar-refractivity contribution in [2.45, 2.75) is 58.3 Å². The Balaban J connectivity index is 2.00. The normalized spacial score (nSPS) is 10.4. The molecule has 0 fully saturated rings. The summed E-state index contributed by atoms with van der Waals surface area (Å²) in [5.41, 5.74) is 0.998. The first kappa shape index (κ1) is 16.4. The van der Waals surface area contributed by atoms with E-state index >= 15 is 0 Å². The van der Waals surface area contributed by atoms with Crippen molar-refractivity contribution in [1.82, 2.24) is 15.3 Å². The molecule has 0 unspecified atom stereocenters. The Morgan fingerprint density at radius 2 is 2.05 bits per heavy atom. The Kier molecular flexibility index (Phi) is 8.35. The predicted molar refractivity (Wildman–Crippen MR) is 78.3 cm³/mol. The van der Waals surface area contributed by atoms with Gasteiger partial charge >= 0.3 is 0 Å². The van der Waals surface area contributed by atoms with Crippen LogP contribution in [0.3, 0.4) is 0 Å². The summed E-state index contributed by atoms with van der Waals surface area (Å²) in [6, 6.07) is 0. The van der Waals surface area contributed by atoms with Crippen LogP contribution in [0.1, 0.15) is 57.6 Å². The largest absolute Gasteiger partial charge is 0.356 e. The van der Waals surface area contributed by atoms with Crippen molar-refractivity contribution in [2.75, 3.05) is 6.54 Å². The summed E-state index contributed by atoms with van der Waals surface area (Å²) in [4.78, 5) is 30.0. The average Bonchev–Trinajstić information content (AvgIpc) is 2.94. The van der Waals surface area contributed by atoms with Gasteiger partial charge in [0, 0.05) is 44.1 Å². The van der Waals surface area contributed by atoms with Crippen LogP contribution in [0.15, 0.2) is 12.5 Å². The highest BCUT2D eigenvalue weighted by molar-refractivity contribution is 5.84. The molecule has 0 aliphatic carbocycles. The van der Waals surface area contributed by atoms with Gasteiger partial charge in [0.25, 0.3) is 0 Å². The number of rotatable bonds is 11. The van der Waals surface area contributed by atoms with E-state index in [2.05, 4.69) is 22.2 Å². The average molecular weight is 279 g/mol. The number of aromatic nitrogens is 2. The van der Waals surface area contributed by atoms with Crippen LogP contribution in [0.5, 0.6) is 0 Å². The summed E-state index contributed by atoms with van der Waals surface area (Å²) >= 11 is 0. The zero-order chi connectivity index (χ0) is 14.6. The first-order valence-corrected chi connectivity index (χ1v) is 7.48. The molecule has 0 aromatic carbocycles. The number of unbranched alkanes of at least 4 members (excludes halogenated alkanes) is 3. The van der Waals surface area contributed by atoms with E-state index in [0.29, 0.717) is 25.8 Å². The minimum Gasteiger partial charge on any atom is -0.356 e. The first-order chi connectivity index (χ1) is 9.72. The molecular weight excluding hydrogens is 254 g/mol. The lowest BCUT2D eigenvalue weighted by molar-refractivity contribution is -0.125. The van der Waals surface area contributed by atoms with Crippen LogP contribution in [0.2, 0.25) is 0 Å². The van der Waals surface area contributed by atoms with Crippen LogP contribution in [0, 0.1) is 0 Å². The maximum Gasteiger partial charge on any atom is 0.220 e. The fraction of sp³-hybridized carbons (Fsp3) is 0.667. The number of hydrogen-bond acceptors (Lipinski definition) is 3. The number of amides is 1. The SMILES string of the molecule is CCCCCCC(=O)CCC(=O)NCCc1cnc[nH]1. The van der Waals surface area contributed by atoms with E-state index in [1.54, 1.807) is 12.5 Å². The molecule has 0 aliphatic rings. The van der Waals surface area contributed by atoms with E-state index in [-0.39, 0.29) is 11.7 Å². The van der Waals surface area contributed by atoms with Crippen molar-refractivity contribution in [1.29, 1.82) is 0 Å². The topological polar surface area (TPSA) is 74.8 Å². The van der Waals surface area contributed by atoms with Crippen molar-refractivity contribution >= 4 is 11.7 Å². The third-order valence-corrected chi connectivity index (χ3v) is 3.21. The lowest BCUT2D eigenvalue weighted by Crippen LogP contribution is -2.26. The number of aromatic amines is 1. The van der Waals surface area contributed by atoms with Gasteiger partial charge in [0.2, 0.25) is 5.91 Å². The fourth-order valence-corrected chi connectivity index (χ4v) is 1.97. The molecule has 1 rings (SSSR count). The summed E-state index contributed by atoms with van der Waals surface area (Å²) in [6.45, 7) is 2.72. The molecule has 0 bridgehead atoms. The molecule has 2 N–H and O–H groups in total. The number of carbonyl (C=O) groups excluding carboxylic acids is 2. The van der Waals surface area contributed by atoms with Crippen molar-refractivity contribution in [2.24, 2.45) is 0 Å². The van der Waals surface area contributed by atoms with Gasteiger partial charge in [-0.1, -0.05) is 26.2 Å². The van der Waals surface area contributed by atoms with Crippen molar-refractivity contribution in [3.63, 3.8) is 0 Å². The maximum absolute atomic E-state index is 11.6. The van der Waals surface area contributed by atoms with Gasteiger partial charge in [0.1, 0.15) is 5.78 Å². The summed E-state index contributed by atoms with van der Waals surface area (Å²) in [6.07, 6.45) is 9.79. The number of nitrogens with one attached hydrogen (secondary N) is 2. The van der Waals surface area contributed by atoms with E-state index in [4.69, 9.17) is 0 Å². The summed E-state index contributed by atoms with van der Waals surface area (Å²) in [7, 11) is 0. The molecule has 0 radical (unpaired) electrons. The van der Waals surface area contributed by atoms with Gasteiger partial charge in [-0.2, -0.15) is 0 Å². The van der Waals surface area contributed by atoms with Crippen LogP contribution < -0.4 is 5.32 Å². The number of H-pyrrole nitrogens is 1. The second kappa shape index (κ2) is 10.2. The number of nitrogens with zero attached hydrogens (tertiary/aromatic N) is 1. The lowest BCUT2D eigenvalue weighted by Gasteiger charge is -2.04. The lowest BCUT2D eigenvalue weighted by atomic mass is 10.1. The molecule has 5 nitrogen and oxygen atoms in total. The van der Waals surface area contributed by atoms with Crippen molar-refractivity contribution in [3.05, 3.63) is 18.2 Å². The molecule has 0 saturated carbocycles. The van der Waals surface area contributed by atoms with Gasteiger partial charge in [0.05, 0.1) is 6.33 Å². The van der Waals surface area contributed by atoms with Gasteiger partial charge in [-0.05, 0) is 6.42 Å². The van der Waals surface area contributed by atoms with E-state index in [0.717, 1.165) is 25.0 Å². The second-order valence-electron chi connectivity index (χ2n) is 5.03. The zero-order valence-corrected chi connectivity index (χ0v) is 12.3. The molecule has 0 saturated heterocycles. The molecule has 1 heterocycles. The molecule has 0 spiro atoms. The van der Waals surface area contributed by atoms with Crippen LogP contribution in [-0.4, -0.2) is 28.2 Å². The fourth-order valence-electron chi connectivity index (χ4n) is 1.97. The van der Waals surface area contributed by atoms with Gasteiger partial charge in [-0.25, -0.2) is 4.98 Å². The number of hydrogen-bond donors (Lipinski definition) is 2. The molecule has 0 atom stereocenters. The number of Topliss-reactive ketones (excluding diaryl/α,β-unsaturated/α-hetero) is 1. The van der Waals surface area contributed by atoms with E-state index in [1.165, 1.54) is 12.8 Å². The molecule has 5 heteroatoms. The third kappa shape index (κ3) is 7.71. The second-order valence-corrected chi connectivity index (χ2v) is 5.03. The molecule has 1 aromatic rings. The molecule has 20 heavy (non-hydrogen) atoms. The Hall–Kier alpha value is -1.65. The van der Waals surface area contributed by atoms with Crippen LogP contribution in [0.4, 0.5) is 0 Å². The van der Waals surface area contributed by atoms with Crippen molar-refractivity contribution < 1.29 is 9.59 Å². The summed E-state index contributed by atoms with van der Waals surface area (Å²) in [5.74, 6) is 0.149. The summed E-state index contributed by atoms with van der Waals surface area (Å²) in [5, 5.41) is 2.81. The highest BCUT2D eigenvalue weighted by Crippen LogP contribution is 2.05. The quantitative estimate of drug-likeness (QED) is 0.611. The molecule has 1 amide bonds. The Labute approximate surface area is 120 Å². The monoisotopic (exact) mass is 279 g/mol. The standard InChI is InChI=1S/C15H25N3O2/c1-2-3-4-5-6-14(19)7-8-15(20)17-10-9-13-11-16-12-18-13/h11-12H,2-10H2,1H3,(H,16,18)(H,17,20). The smallest absolute Gasteiger partial charge is 0.220 e. The van der Waals surface area contributed by atoms with Crippen molar-refractivity contribution in [3.8, 4) is 0 Å². The zero-order valence-electron chi connectivity index (χ0n) is 12.3. The Bertz CT molecular complexity index is 388. The van der Waals surface area contributed by atoms with E-state index in [9.17, 15) is 9.59 Å². The molecule has 112 valence electrons. The third-order valence-electron chi connectivity index (χ3n) is 3.21. The highest BCUT2D eigenvalue weighted by Gasteiger charge is 2.06. The molecule has 1 aromatic heterocycles. The van der Waals surface area contributed by atoms with Crippen LogP contribution in [-0.2, 0) is 16.0 Å². The van der Waals surface area contributed by atoms with Gasteiger partial charge < -0.3 is 10.3 Å². The van der Waals surface area contributed by atoms with Crippen LogP contribution >= 0.6 is 0 Å². The minimum atomic E-state index is -0.0496. The van der Waals surface area contributed by atoms with Crippen LogP contribution in [0.25, 0.3) is 0 Å². The maximum atomic E-state index is 11.6. The molecule has 0 aliphatic heterocycles. The van der Waals surface area contributed by atoms with Gasteiger partial charge in [0.15, 0.2) is 0 Å². The molecular formula is C15H25N3O2. The van der Waals surface area contributed by atoms with Gasteiger partial charge in [-0.3, -0.25) is 9.59 Å². The Morgan fingerprint density at radius 1 is 1.20 bits per heavy atom. The predicted octanol–water partition coefficient (Wildman–Crippen LogP) is 2.39. The Morgan fingerprint density at radius 3 is 2.75 bits per heavy atom. The minimum absolute atomic E-state index is 0.0496.